The normalized spacial score (nSPS) is 15.2. The molecule has 0 atom stereocenters. The van der Waals surface area contributed by atoms with E-state index >= 15 is 0 Å². The lowest BCUT2D eigenvalue weighted by Crippen LogP contribution is -2.38. The van der Waals surface area contributed by atoms with Crippen LogP contribution in [0.5, 0.6) is 0 Å². The monoisotopic (exact) mass is 372 g/mol. The van der Waals surface area contributed by atoms with E-state index in [4.69, 9.17) is 4.98 Å². The third-order valence-electron chi connectivity index (χ3n) is 6.15. The highest BCUT2D eigenvalue weighted by atomic mass is 16.2. The first-order valence-electron chi connectivity index (χ1n) is 10.2. The Labute approximate surface area is 167 Å². The van der Waals surface area contributed by atoms with E-state index in [0.717, 1.165) is 59.2 Å². The molecule has 0 spiro atoms. The van der Waals surface area contributed by atoms with Crippen molar-refractivity contribution in [1.29, 1.82) is 0 Å². The molecule has 28 heavy (non-hydrogen) atoms. The van der Waals surface area contributed by atoms with Crippen LogP contribution in [0.1, 0.15) is 46.8 Å². The fraction of sp³-hybridized carbons (Fsp3) is 0.360. The van der Waals surface area contributed by atoms with E-state index in [2.05, 4.69) is 52.0 Å². The molecule has 2 aromatic carbocycles. The number of hydrogen-bond donors (Lipinski definition) is 0. The molecule has 0 radical (unpaired) electrons. The predicted octanol–water partition coefficient (Wildman–Crippen LogP) is 5.70. The average Bonchev–Trinajstić information content (AvgIpc) is 2.70. The molecule has 1 aliphatic heterocycles. The summed E-state index contributed by atoms with van der Waals surface area (Å²) >= 11 is 0. The van der Waals surface area contributed by atoms with Crippen molar-refractivity contribution >= 4 is 16.8 Å². The van der Waals surface area contributed by atoms with Gasteiger partial charge in [-0.15, -0.1) is 0 Å². The first-order chi connectivity index (χ1) is 13.4. The van der Waals surface area contributed by atoms with Crippen LogP contribution in [-0.2, 0) is 0 Å². The highest BCUT2D eigenvalue weighted by Crippen LogP contribution is 2.29. The van der Waals surface area contributed by atoms with E-state index in [0.29, 0.717) is 5.92 Å². The number of piperidine rings is 1. The summed E-state index contributed by atoms with van der Waals surface area (Å²) in [6.45, 7) is 10.2. The van der Waals surface area contributed by atoms with Gasteiger partial charge >= 0.3 is 0 Å². The van der Waals surface area contributed by atoms with Crippen molar-refractivity contribution in [3.63, 3.8) is 0 Å². The van der Waals surface area contributed by atoms with Gasteiger partial charge in [0.05, 0.1) is 16.8 Å². The molecular formula is C25H28N2O. The topological polar surface area (TPSA) is 33.2 Å². The van der Waals surface area contributed by atoms with Crippen molar-refractivity contribution in [3.05, 3.63) is 64.7 Å². The maximum atomic E-state index is 13.4. The van der Waals surface area contributed by atoms with Crippen LogP contribution >= 0.6 is 0 Å². The third-order valence-corrected chi connectivity index (χ3v) is 6.15. The van der Waals surface area contributed by atoms with Gasteiger partial charge < -0.3 is 4.90 Å². The number of pyridine rings is 1. The van der Waals surface area contributed by atoms with Gasteiger partial charge in [0.1, 0.15) is 0 Å². The standard InChI is InChI=1S/C25H28N2O/c1-16-10-12-27(13-11-16)25(28)22-15-23(20-9-8-17(2)19(4)14-20)26-24-18(3)6-5-7-21(22)24/h5-9,14-16H,10-13H2,1-4H3. The second-order valence-corrected chi connectivity index (χ2v) is 8.30. The number of carbonyl (C=O) groups is 1. The van der Waals surface area contributed by atoms with E-state index in [1.165, 1.54) is 11.1 Å². The number of nitrogens with zero attached hydrogens (tertiary/aromatic N) is 2. The zero-order chi connectivity index (χ0) is 19.8. The number of hydrogen-bond acceptors (Lipinski definition) is 2. The summed E-state index contributed by atoms with van der Waals surface area (Å²) in [6, 6.07) is 14.5. The van der Waals surface area contributed by atoms with Gasteiger partial charge in [-0.3, -0.25) is 4.79 Å². The number of amides is 1. The molecule has 3 heteroatoms. The largest absolute Gasteiger partial charge is 0.339 e. The quantitative estimate of drug-likeness (QED) is 0.578. The fourth-order valence-electron chi connectivity index (χ4n) is 4.00. The van der Waals surface area contributed by atoms with E-state index in [-0.39, 0.29) is 5.91 Å². The number of fused-ring (bicyclic) bond motifs is 1. The Bertz CT molecular complexity index is 1050. The van der Waals surface area contributed by atoms with Crippen molar-refractivity contribution in [2.75, 3.05) is 13.1 Å². The number of aromatic nitrogens is 1. The van der Waals surface area contributed by atoms with Crippen LogP contribution in [0, 0.1) is 26.7 Å². The highest BCUT2D eigenvalue weighted by Gasteiger charge is 2.24. The number of rotatable bonds is 2. The molecule has 1 amide bonds. The molecule has 0 saturated carbocycles. The summed E-state index contributed by atoms with van der Waals surface area (Å²) < 4.78 is 0. The summed E-state index contributed by atoms with van der Waals surface area (Å²) in [6.07, 6.45) is 2.16. The molecule has 3 aromatic rings. The maximum Gasteiger partial charge on any atom is 0.254 e. The van der Waals surface area contributed by atoms with Gasteiger partial charge in [-0.1, -0.05) is 37.3 Å². The molecule has 0 N–H and O–H groups in total. The predicted molar refractivity (Wildman–Crippen MR) is 116 cm³/mol. The van der Waals surface area contributed by atoms with Crippen LogP contribution in [0.25, 0.3) is 22.2 Å². The van der Waals surface area contributed by atoms with E-state index in [1.807, 2.05) is 23.1 Å². The van der Waals surface area contributed by atoms with Crippen LogP contribution in [0.4, 0.5) is 0 Å². The number of carbonyl (C=O) groups excluding carboxylic acids is 1. The van der Waals surface area contributed by atoms with Crippen LogP contribution < -0.4 is 0 Å². The number of likely N-dealkylation sites (tertiary alicyclic amines) is 1. The van der Waals surface area contributed by atoms with E-state index < -0.39 is 0 Å². The molecule has 1 saturated heterocycles. The molecule has 4 rings (SSSR count). The van der Waals surface area contributed by atoms with Gasteiger partial charge in [0, 0.05) is 24.0 Å². The van der Waals surface area contributed by atoms with Crippen molar-refractivity contribution in [1.82, 2.24) is 9.88 Å². The summed E-state index contributed by atoms with van der Waals surface area (Å²) in [5.74, 6) is 0.835. The zero-order valence-corrected chi connectivity index (χ0v) is 17.2. The molecule has 0 aliphatic carbocycles. The van der Waals surface area contributed by atoms with E-state index in [9.17, 15) is 4.79 Å². The summed E-state index contributed by atoms with van der Waals surface area (Å²) in [4.78, 5) is 20.4. The Morgan fingerprint density at radius 3 is 2.43 bits per heavy atom. The van der Waals surface area contributed by atoms with Gasteiger partial charge in [0.25, 0.3) is 5.91 Å². The molecule has 1 aliphatic rings. The van der Waals surface area contributed by atoms with Gasteiger partial charge in [-0.25, -0.2) is 4.98 Å². The van der Waals surface area contributed by atoms with Crippen molar-refractivity contribution in [3.8, 4) is 11.3 Å². The molecule has 1 fully saturated rings. The minimum absolute atomic E-state index is 0.134. The Morgan fingerprint density at radius 1 is 0.964 bits per heavy atom. The molecule has 2 heterocycles. The lowest BCUT2D eigenvalue weighted by Gasteiger charge is -2.30. The van der Waals surface area contributed by atoms with Crippen LogP contribution in [0.3, 0.4) is 0 Å². The first-order valence-corrected chi connectivity index (χ1v) is 10.2. The van der Waals surface area contributed by atoms with Crippen molar-refractivity contribution in [2.24, 2.45) is 5.92 Å². The fourth-order valence-corrected chi connectivity index (χ4v) is 4.00. The van der Waals surface area contributed by atoms with Crippen LogP contribution in [0.15, 0.2) is 42.5 Å². The highest BCUT2D eigenvalue weighted by molar-refractivity contribution is 6.07. The number of para-hydroxylation sites is 1. The minimum Gasteiger partial charge on any atom is -0.339 e. The van der Waals surface area contributed by atoms with Gasteiger partial charge in [-0.2, -0.15) is 0 Å². The van der Waals surface area contributed by atoms with Crippen LogP contribution in [-0.4, -0.2) is 28.9 Å². The minimum atomic E-state index is 0.134. The summed E-state index contributed by atoms with van der Waals surface area (Å²) in [5, 5.41) is 0.955. The molecule has 1 aromatic heterocycles. The zero-order valence-electron chi connectivity index (χ0n) is 17.2. The Balaban J connectivity index is 1.85. The Kier molecular flexibility index (Phi) is 4.92. The summed E-state index contributed by atoms with van der Waals surface area (Å²) in [7, 11) is 0. The second kappa shape index (κ2) is 7.38. The second-order valence-electron chi connectivity index (χ2n) is 8.30. The average molecular weight is 373 g/mol. The van der Waals surface area contributed by atoms with Crippen molar-refractivity contribution < 1.29 is 4.79 Å². The van der Waals surface area contributed by atoms with Gasteiger partial charge in [-0.05, 0) is 68.4 Å². The molecule has 3 nitrogen and oxygen atoms in total. The maximum absolute atomic E-state index is 13.4. The molecule has 0 bridgehead atoms. The number of benzene rings is 2. The van der Waals surface area contributed by atoms with Crippen LogP contribution in [0.2, 0.25) is 0 Å². The molecular weight excluding hydrogens is 344 g/mol. The smallest absolute Gasteiger partial charge is 0.254 e. The molecule has 0 unspecified atom stereocenters. The first kappa shape index (κ1) is 18.7. The lowest BCUT2D eigenvalue weighted by atomic mass is 9.96. The third kappa shape index (κ3) is 3.42. The van der Waals surface area contributed by atoms with Gasteiger partial charge in [0.15, 0.2) is 0 Å². The van der Waals surface area contributed by atoms with Crippen molar-refractivity contribution in [2.45, 2.75) is 40.5 Å². The lowest BCUT2D eigenvalue weighted by molar-refractivity contribution is 0.0699. The van der Waals surface area contributed by atoms with E-state index in [1.54, 1.807) is 0 Å². The molecule has 144 valence electrons. The number of aryl methyl sites for hydroxylation is 3. The Hall–Kier alpha value is -2.68. The summed E-state index contributed by atoms with van der Waals surface area (Å²) in [5.41, 5.74) is 7.24. The van der Waals surface area contributed by atoms with Gasteiger partial charge in [0.2, 0.25) is 0 Å². The SMILES string of the molecule is Cc1ccc(-c2cc(C(=O)N3CCC(C)CC3)c3cccc(C)c3n2)cc1C. The Morgan fingerprint density at radius 2 is 1.71 bits per heavy atom.